The van der Waals surface area contributed by atoms with Crippen molar-refractivity contribution in [1.82, 2.24) is 9.80 Å². The Hall–Kier alpha value is -2.12. The summed E-state index contributed by atoms with van der Waals surface area (Å²) in [5, 5.41) is 10.4. The molecule has 2 heterocycles. The molecule has 0 aromatic heterocycles. The van der Waals surface area contributed by atoms with Gasteiger partial charge in [0.25, 0.3) is 0 Å². The summed E-state index contributed by atoms with van der Waals surface area (Å²) in [5.41, 5.74) is 1.11. The van der Waals surface area contributed by atoms with Crippen LogP contribution in [0.4, 0.5) is 5.69 Å². The summed E-state index contributed by atoms with van der Waals surface area (Å²) in [7, 11) is 0. The Morgan fingerprint density at radius 3 is 2.55 bits per heavy atom. The van der Waals surface area contributed by atoms with Crippen molar-refractivity contribution in [2.75, 3.05) is 50.7 Å². The quantitative estimate of drug-likeness (QED) is 0.647. The van der Waals surface area contributed by atoms with Crippen molar-refractivity contribution in [3.8, 4) is 5.75 Å². The van der Waals surface area contributed by atoms with Crippen LogP contribution >= 0.6 is 0 Å². The molecule has 1 aromatic carbocycles. The summed E-state index contributed by atoms with van der Waals surface area (Å²) in [4.78, 5) is 30.6. The van der Waals surface area contributed by atoms with Gasteiger partial charge >= 0.3 is 0 Å². The Kier molecular flexibility index (Phi) is 8.72. The predicted molar refractivity (Wildman–Crippen MR) is 122 cm³/mol. The normalized spacial score (nSPS) is 19.4. The van der Waals surface area contributed by atoms with Crippen molar-refractivity contribution in [1.29, 1.82) is 0 Å². The summed E-state index contributed by atoms with van der Waals surface area (Å²) < 4.78 is 5.95. The van der Waals surface area contributed by atoms with Crippen LogP contribution in [0.3, 0.4) is 0 Å². The van der Waals surface area contributed by atoms with Crippen LogP contribution in [0.15, 0.2) is 24.3 Å². The number of likely N-dealkylation sites (tertiary alicyclic amines) is 1. The zero-order valence-corrected chi connectivity index (χ0v) is 19.0. The molecule has 2 aliphatic heterocycles. The first kappa shape index (κ1) is 23.5. The number of aliphatic hydroxyl groups excluding tert-OH is 1. The second-order valence-corrected chi connectivity index (χ2v) is 8.94. The Labute approximate surface area is 185 Å². The maximum Gasteiger partial charge on any atom is 0.222 e. The number of hydrogen-bond acceptors (Lipinski definition) is 6. The largest absolute Gasteiger partial charge is 0.489 e. The number of para-hydroxylation sites is 2. The van der Waals surface area contributed by atoms with E-state index in [1.165, 1.54) is 0 Å². The number of benzene rings is 1. The summed E-state index contributed by atoms with van der Waals surface area (Å²) in [5.74, 6) is 0.916. The topological polar surface area (TPSA) is 73.3 Å². The number of nitrogens with zero attached hydrogens (tertiary/aromatic N) is 3. The van der Waals surface area contributed by atoms with Gasteiger partial charge in [-0.15, -0.1) is 0 Å². The van der Waals surface area contributed by atoms with E-state index in [0.717, 1.165) is 56.9 Å². The number of amides is 1. The number of carbonyl (C=O) groups excluding carboxylic acids is 2. The van der Waals surface area contributed by atoms with Gasteiger partial charge in [-0.3, -0.25) is 14.5 Å². The lowest BCUT2D eigenvalue weighted by molar-refractivity contribution is -0.135. The van der Waals surface area contributed by atoms with E-state index < -0.39 is 6.10 Å². The van der Waals surface area contributed by atoms with Crippen LogP contribution in [-0.4, -0.2) is 84.6 Å². The van der Waals surface area contributed by atoms with E-state index in [-0.39, 0.29) is 30.8 Å². The summed E-state index contributed by atoms with van der Waals surface area (Å²) in [6, 6.07) is 8.11. The van der Waals surface area contributed by atoms with Crippen molar-refractivity contribution in [2.24, 2.45) is 0 Å². The van der Waals surface area contributed by atoms with Gasteiger partial charge in [0.1, 0.15) is 5.75 Å². The molecule has 0 saturated carbocycles. The molecule has 31 heavy (non-hydrogen) atoms. The predicted octanol–water partition coefficient (Wildman–Crippen LogP) is 2.32. The molecule has 2 saturated heterocycles. The molecule has 7 nitrogen and oxygen atoms in total. The zero-order chi connectivity index (χ0) is 22.2. The number of anilines is 1. The van der Waals surface area contributed by atoms with E-state index in [2.05, 4.69) is 15.9 Å². The van der Waals surface area contributed by atoms with Crippen molar-refractivity contribution in [2.45, 2.75) is 58.2 Å². The lowest BCUT2D eigenvalue weighted by atomic mass is 10.1. The number of piperazine rings is 1. The number of ether oxygens (including phenoxy) is 1. The Balaban J connectivity index is 1.43. The second kappa shape index (κ2) is 11.5. The molecule has 0 aliphatic carbocycles. The second-order valence-electron chi connectivity index (χ2n) is 8.94. The molecule has 2 fully saturated rings. The molecule has 2 aliphatic rings. The van der Waals surface area contributed by atoms with Crippen molar-refractivity contribution >= 4 is 17.4 Å². The Bertz CT molecular complexity index is 731. The molecule has 1 atom stereocenters. The standard InChI is InChI=1S/C24H37N3O4/c1-19(2)31-23-9-6-5-8-22(23)26-14-12-25(13-15-26)17-20(28)16-21(29)18-27-11-7-3-4-10-24(27)30/h5-6,8-9,19-20,28H,3-4,7,10-18H2,1-2H3. The van der Waals surface area contributed by atoms with Gasteiger partial charge < -0.3 is 19.6 Å². The van der Waals surface area contributed by atoms with Crippen molar-refractivity contribution in [3.05, 3.63) is 24.3 Å². The molecule has 1 aromatic rings. The number of aliphatic hydroxyl groups is 1. The number of hydrogen-bond donors (Lipinski definition) is 1. The summed E-state index contributed by atoms with van der Waals surface area (Å²) >= 11 is 0. The maximum absolute atomic E-state index is 12.4. The highest BCUT2D eigenvalue weighted by molar-refractivity contribution is 5.86. The van der Waals surface area contributed by atoms with Crippen LogP contribution in [0.5, 0.6) is 5.75 Å². The highest BCUT2D eigenvalue weighted by Gasteiger charge is 2.24. The van der Waals surface area contributed by atoms with Crippen LogP contribution in [0, 0.1) is 0 Å². The van der Waals surface area contributed by atoms with E-state index in [9.17, 15) is 14.7 Å². The highest BCUT2D eigenvalue weighted by atomic mass is 16.5. The molecule has 3 rings (SSSR count). The number of Topliss-reactive ketones (excluding diaryl/α,β-unsaturated/α-hetero) is 1. The number of rotatable bonds is 9. The molecule has 172 valence electrons. The highest BCUT2D eigenvalue weighted by Crippen LogP contribution is 2.29. The Morgan fingerprint density at radius 2 is 1.81 bits per heavy atom. The summed E-state index contributed by atoms with van der Waals surface area (Å²) in [6.45, 7) is 8.68. The van der Waals surface area contributed by atoms with Gasteiger partial charge in [-0.2, -0.15) is 0 Å². The van der Waals surface area contributed by atoms with Crippen LogP contribution < -0.4 is 9.64 Å². The zero-order valence-electron chi connectivity index (χ0n) is 19.0. The van der Waals surface area contributed by atoms with Gasteiger partial charge in [-0.1, -0.05) is 18.6 Å². The maximum atomic E-state index is 12.4. The fourth-order valence-electron chi connectivity index (χ4n) is 4.35. The number of ketones is 1. The third-order valence-corrected chi connectivity index (χ3v) is 5.91. The van der Waals surface area contributed by atoms with Crippen LogP contribution in [0.2, 0.25) is 0 Å². The fourth-order valence-corrected chi connectivity index (χ4v) is 4.35. The third kappa shape index (κ3) is 7.21. The minimum atomic E-state index is -0.697. The van der Waals surface area contributed by atoms with Gasteiger partial charge in [0.2, 0.25) is 5.91 Å². The van der Waals surface area contributed by atoms with Crippen LogP contribution in [0.25, 0.3) is 0 Å². The molecular formula is C24H37N3O4. The van der Waals surface area contributed by atoms with Gasteiger partial charge in [0.05, 0.1) is 24.4 Å². The average Bonchev–Trinajstić information content (AvgIpc) is 2.93. The average molecular weight is 432 g/mol. The molecule has 1 N–H and O–H groups in total. The van der Waals surface area contributed by atoms with Gasteiger partial charge in [0, 0.05) is 52.1 Å². The van der Waals surface area contributed by atoms with Gasteiger partial charge in [-0.25, -0.2) is 0 Å². The monoisotopic (exact) mass is 431 g/mol. The molecule has 0 spiro atoms. The van der Waals surface area contributed by atoms with E-state index in [4.69, 9.17) is 4.74 Å². The number of carbonyl (C=O) groups is 2. The van der Waals surface area contributed by atoms with Crippen LogP contribution in [0.1, 0.15) is 46.0 Å². The van der Waals surface area contributed by atoms with Gasteiger partial charge in [-0.05, 0) is 38.8 Å². The molecule has 1 unspecified atom stereocenters. The van der Waals surface area contributed by atoms with Crippen molar-refractivity contribution in [3.63, 3.8) is 0 Å². The lowest BCUT2D eigenvalue weighted by Crippen LogP contribution is -2.49. The molecule has 7 heteroatoms. The molecule has 0 radical (unpaired) electrons. The third-order valence-electron chi connectivity index (χ3n) is 5.91. The summed E-state index contributed by atoms with van der Waals surface area (Å²) in [6.07, 6.45) is 2.97. The van der Waals surface area contributed by atoms with Gasteiger partial charge in [0.15, 0.2) is 5.78 Å². The first-order chi connectivity index (χ1) is 14.9. The molecular weight excluding hydrogens is 394 g/mol. The lowest BCUT2D eigenvalue weighted by Gasteiger charge is -2.37. The van der Waals surface area contributed by atoms with E-state index in [1.54, 1.807) is 4.90 Å². The SMILES string of the molecule is CC(C)Oc1ccccc1N1CCN(CC(O)CC(=O)CN2CCCCCC2=O)CC1. The van der Waals surface area contributed by atoms with Crippen molar-refractivity contribution < 1.29 is 19.4 Å². The fraction of sp³-hybridized carbons (Fsp3) is 0.667. The first-order valence-corrected chi connectivity index (χ1v) is 11.6. The molecule has 0 bridgehead atoms. The minimum Gasteiger partial charge on any atom is -0.489 e. The Morgan fingerprint density at radius 1 is 1.06 bits per heavy atom. The van der Waals surface area contributed by atoms with E-state index in [0.29, 0.717) is 19.5 Å². The number of β-amino-alcohol motifs (C(OH)–C–C–N with tert-alkyl or cyclic N) is 1. The minimum absolute atomic E-state index is 0.0545. The molecule has 1 amide bonds. The van der Waals surface area contributed by atoms with E-state index in [1.807, 2.05) is 32.0 Å². The first-order valence-electron chi connectivity index (χ1n) is 11.6. The van der Waals surface area contributed by atoms with Crippen LogP contribution in [-0.2, 0) is 9.59 Å². The smallest absolute Gasteiger partial charge is 0.222 e. The van der Waals surface area contributed by atoms with E-state index >= 15 is 0 Å².